The van der Waals surface area contributed by atoms with Crippen LogP contribution < -0.4 is 5.32 Å². The molecule has 0 fully saturated rings. The van der Waals surface area contributed by atoms with E-state index in [0.717, 1.165) is 33.3 Å². The van der Waals surface area contributed by atoms with Gasteiger partial charge in [0.1, 0.15) is 0 Å². The molecule has 3 heteroatoms. The number of carbonyl (C=O) groups excluding carboxylic acids is 1. The van der Waals surface area contributed by atoms with Crippen molar-refractivity contribution >= 4 is 22.4 Å². The van der Waals surface area contributed by atoms with Crippen LogP contribution in [0.25, 0.3) is 10.9 Å². The van der Waals surface area contributed by atoms with E-state index in [1.54, 1.807) is 0 Å². The Balaban J connectivity index is 1.85. The lowest BCUT2D eigenvalue weighted by atomic mass is 9.79. The Morgan fingerprint density at radius 3 is 2.32 bits per heavy atom. The Hall–Kier alpha value is -3.33. The lowest BCUT2D eigenvalue weighted by molar-refractivity contribution is 0.0941. The zero-order valence-corrected chi connectivity index (χ0v) is 13.5. The Labute approximate surface area is 145 Å². The molecule has 120 valence electrons. The minimum Gasteiger partial charge on any atom is -0.365 e. The third-order valence-electron chi connectivity index (χ3n) is 5.03. The lowest BCUT2D eigenvalue weighted by Crippen LogP contribution is -2.39. The van der Waals surface area contributed by atoms with Gasteiger partial charge in [-0.2, -0.15) is 0 Å². The van der Waals surface area contributed by atoms with E-state index < -0.39 is 5.54 Å². The minimum absolute atomic E-state index is 0.0825. The molecule has 0 aliphatic carbocycles. The molecule has 0 radical (unpaired) electrons. The molecule has 0 unspecified atom stereocenters. The van der Waals surface area contributed by atoms with Crippen molar-refractivity contribution in [3.05, 3.63) is 102 Å². The second-order valence-corrected chi connectivity index (χ2v) is 6.36. The smallest absolute Gasteiger partial charge is 0.199 e. The fourth-order valence-corrected chi connectivity index (χ4v) is 3.87. The van der Waals surface area contributed by atoms with Gasteiger partial charge in [-0.15, -0.1) is 0 Å². The van der Waals surface area contributed by atoms with Crippen LogP contribution in [0.1, 0.15) is 21.5 Å². The van der Waals surface area contributed by atoms with Crippen molar-refractivity contribution in [3.8, 4) is 0 Å². The van der Waals surface area contributed by atoms with Gasteiger partial charge in [-0.05, 0) is 23.8 Å². The molecule has 5 rings (SSSR count). The summed E-state index contributed by atoms with van der Waals surface area (Å²) in [6.45, 7) is 0. The normalized spacial score (nSPS) is 19.0. The highest BCUT2D eigenvalue weighted by atomic mass is 16.1. The first-order valence-electron chi connectivity index (χ1n) is 8.35. The summed E-state index contributed by atoms with van der Waals surface area (Å²) in [5.74, 6) is 0.0825. The molecule has 3 aromatic carbocycles. The molecule has 0 saturated carbocycles. The molecule has 1 atom stereocenters. The lowest BCUT2D eigenvalue weighted by Gasteiger charge is -2.29. The highest BCUT2D eigenvalue weighted by molar-refractivity contribution is 6.17. The number of aromatic amines is 1. The number of para-hydroxylation sites is 2. The van der Waals surface area contributed by atoms with Gasteiger partial charge in [0.05, 0.1) is 0 Å². The molecule has 2 heterocycles. The van der Waals surface area contributed by atoms with Crippen LogP contribution in [0.2, 0.25) is 0 Å². The molecule has 2 N–H and O–H groups in total. The fraction of sp³-hybridized carbons (Fsp3) is 0.0455. The average Bonchev–Trinajstić information content (AvgIpc) is 3.23. The second kappa shape index (κ2) is 5.08. The number of fused-ring (bicyclic) bond motifs is 2. The van der Waals surface area contributed by atoms with Crippen LogP contribution in [-0.4, -0.2) is 10.8 Å². The van der Waals surface area contributed by atoms with Crippen molar-refractivity contribution in [1.82, 2.24) is 4.98 Å². The minimum atomic E-state index is -0.912. The number of rotatable bonds is 2. The number of benzene rings is 3. The van der Waals surface area contributed by atoms with E-state index in [0.29, 0.717) is 0 Å². The van der Waals surface area contributed by atoms with E-state index in [1.807, 2.05) is 79.0 Å². The van der Waals surface area contributed by atoms with Gasteiger partial charge in [-0.1, -0.05) is 60.7 Å². The maximum absolute atomic E-state index is 13.6. The number of hydrogen-bond acceptors (Lipinski definition) is 2. The van der Waals surface area contributed by atoms with Gasteiger partial charge >= 0.3 is 0 Å². The van der Waals surface area contributed by atoms with Crippen LogP contribution in [0.15, 0.2) is 85.1 Å². The van der Waals surface area contributed by atoms with E-state index >= 15 is 0 Å². The molecule has 0 saturated heterocycles. The van der Waals surface area contributed by atoms with Crippen molar-refractivity contribution in [2.24, 2.45) is 0 Å². The van der Waals surface area contributed by atoms with Gasteiger partial charge < -0.3 is 10.3 Å². The van der Waals surface area contributed by atoms with Crippen LogP contribution in [-0.2, 0) is 5.54 Å². The standard InChI is InChI=1S/C22H16N2O/c25-21-17-11-5-7-13-20(17)24-22(21,15-8-2-1-3-9-15)18-14-23-19-12-6-4-10-16(18)19/h1-14,23-24H/t22-/m1/s1. The quantitative estimate of drug-likeness (QED) is 0.560. The Morgan fingerprint density at radius 2 is 1.48 bits per heavy atom. The summed E-state index contributed by atoms with van der Waals surface area (Å²) < 4.78 is 0. The van der Waals surface area contributed by atoms with Crippen molar-refractivity contribution in [2.75, 3.05) is 5.32 Å². The summed E-state index contributed by atoms with van der Waals surface area (Å²) >= 11 is 0. The Morgan fingerprint density at radius 1 is 0.760 bits per heavy atom. The molecule has 0 spiro atoms. The molecule has 3 nitrogen and oxygen atoms in total. The van der Waals surface area contributed by atoms with Gasteiger partial charge in [0, 0.05) is 33.9 Å². The van der Waals surface area contributed by atoms with Crippen LogP contribution in [0.4, 0.5) is 5.69 Å². The third-order valence-corrected chi connectivity index (χ3v) is 5.03. The number of anilines is 1. The second-order valence-electron chi connectivity index (χ2n) is 6.36. The number of carbonyl (C=O) groups is 1. The van der Waals surface area contributed by atoms with Crippen LogP contribution in [0.5, 0.6) is 0 Å². The highest BCUT2D eigenvalue weighted by Crippen LogP contribution is 2.45. The monoisotopic (exact) mass is 324 g/mol. The summed E-state index contributed by atoms with van der Waals surface area (Å²) in [5.41, 5.74) is 3.62. The first-order valence-corrected chi connectivity index (χ1v) is 8.35. The predicted octanol–water partition coefficient (Wildman–Crippen LogP) is 4.72. The van der Waals surface area contributed by atoms with Crippen molar-refractivity contribution in [1.29, 1.82) is 0 Å². The molecule has 25 heavy (non-hydrogen) atoms. The zero-order chi connectivity index (χ0) is 16.9. The summed E-state index contributed by atoms with van der Waals surface area (Å²) in [6.07, 6.45) is 1.95. The largest absolute Gasteiger partial charge is 0.365 e. The van der Waals surface area contributed by atoms with E-state index in [9.17, 15) is 4.79 Å². The highest BCUT2D eigenvalue weighted by Gasteiger charge is 2.49. The van der Waals surface area contributed by atoms with Crippen molar-refractivity contribution in [3.63, 3.8) is 0 Å². The predicted molar refractivity (Wildman–Crippen MR) is 99.9 cm³/mol. The van der Waals surface area contributed by atoms with Crippen molar-refractivity contribution < 1.29 is 4.79 Å². The van der Waals surface area contributed by atoms with Crippen molar-refractivity contribution in [2.45, 2.75) is 5.54 Å². The first kappa shape index (κ1) is 14.1. The van der Waals surface area contributed by atoms with E-state index in [1.165, 1.54) is 0 Å². The number of nitrogens with one attached hydrogen (secondary N) is 2. The molecule has 1 aromatic heterocycles. The van der Waals surface area contributed by atoms with Crippen LogP contribution in [0.3, 0.4) is 0 Å². The van der Waals surface area contributed by atoms with E-state index in [-0.39, 0.29) is 5.78 Å². The average molecular weight is 324 g/mol. The van der Waals surface area contributed by atoms with Gasteiger partial charge in [0.25, 0.3) is 0 Å². The third kappa shape index (κ3) is 1.83. The zero-order valence-electron chi connectivity index (χ0n) is 13.5. The first-order chi connectivity index (χ1) is 12.3. The molecule has 0 bridgehead atoms. The summed E-state index contributed by atoms with van der Waals surface area (Å²) in [5, 5.41) is 4.59. The maximum atomic E-state index is 13.6. The maximum Gasteiger partial charge on any atom is 0.199 e. The summed E-state index contributed by atoms with van der Waals surface area (Å²) in [4.78, 5) is 16.9. The Bertz CT molecular complexity index is 1100. The molecule has 1 aliphatic heterocycles. The van der Waals surface area contributed by atoms with Gasteiger partial charge in [0.15, 0.2) is 11.3 Å². The molecular formula is C22H16N2O. The molecule has 1 aliphatic rings. The van der Waals surface area contributed by atoms with E-state index in [4.69, 9.17) is 0 Å². The van der Waals surface area contributed by atoms with Gasteiger partial charge in [-0.3, -0.25) is 4.79 Å². The number of aromatic nitrogens is 1. The van der Waals surface area contributed by atoms with E-state index in [2.05, 4.69) is 16.4 Å². The van der Waals surface area contributed by atoms with Gasteiger partial charge in [-0.25, -0.2) is 0 Å². The molecular weight excluding hydrogens is 308 g/mol. The number of H-pyrrole nitrogens is 1. The van der Waals surface area contributed by atoms with Crippen LogP contribution in [0, 0.1) is 0 Å². The number of hydrogen-bond donors (Lipinski definition) is 2. The Kier molecular flexibility index (Phi) is 2.86. The van der Waals surface area contributed by atoms with Crippen LogP contribution >= 0.6 is 0 Å². The SMILES string of the molecule is O=C1c2ccccc2N[C@]1(c1ccccc1)c1c[nH]c2ccccc12. The topological polar surface area (TPSA) is 44.9 Å². The number of Topliss-reactive ketones (excluding diaryl/α,β-unsaturated/α-hetero) is 1. The molecule has 0 amide bonds. The summed E-state index contributed by atoms with van der Waals surface area (Å²) in [7, 11) is 0. The summed E-state index contributed by atoms with van der Waals surface area (Å²) in [6, 6.07) is 25.8. The number of ketones is 1. The molecule has 4 aromatic rings. The fourth-order valence-electron chi connectivity index (χ4n) is 3.87. The van der Waals surface area contributed by atoms with Gasteiger partial charge in [0.2, 0.25) is 0 Å².